The fourth-order valence-electron chi connectivity index (χ4n) is 2.59. The SMILES string of the molecule is COc1cccc(/C=N\NC(=O)[C@@H]2[C@H](C=C(Cl)Cl)C2(C)C)c1. The van der Waals surface area contributed by atoms with Crippen molar-refractivity contribution in [2.75, 3.05) is 7.11 Å². The largest absolute Gasteiger partial charge is 0.497 e. The number of nitrogens with one attached hydrogen (secondary N) is 1. The molecule has 0 aliphatic heterocycles. The fourth-order valence-corrected chi connectivity index (χ4v) is 2.86. The lowest BCUT2D eigenvalue weighted by Gasteiger charge is -2.02. The molecule has 1 saturated carbocycles. The Morgan fingerprint density at radius 1 is 1.41 bits per heavy atom. The van der Waals surface area contributed by atoms with Gasteiger partial charge in [-0.15, -0.1) is 0 Å². The molecule has 22 heavy (non-hydrogen) atoms. The van der Waals surface area contributed by atoms with E-state index in [0.717, 1.165) is 11.3 Å². The average molecular weight is 341 g/mol. The number of ether oxygens (including phenoxy) is 1. The van der Waals surface area contributed by atoms with Crippen molar-refractivity contribution in [3.63, 3.8) is 0 Å². The molecule has 1 aliphatic rings. The predicted octanol–water partition coefficient (Wildman–Crippen LogP) is 3.74. The Bertz CT molecular complexity index is 622. The molecule has 2 atom stereocenters. The van der Waals surface area contributed by atoms with Crippen LogP contribution in [0.25, 0.3) is 0 Å². The third kappa shape index (κ3) is 3.81. The molecule has 1 N–H and O–H groups in total. The van der Waals surface area contributed by atoms with Gasteiger partial charge < -0.3 is 4.74 Å². The van der Waals surface area contributed by atoms with Crippen molar-refractivity contribution in [3.05, 3.63) is 40.4 Å². The summed E-state index contributed by atoms with van der Waals surface area (Å²) in [5, 5.41) is 3.99. The van der Waals surface area contributed by atoms with Crippen LogP contribution < -0.4 is 10.2 Å². The molecular formula is C16H18Cl2N2O2. The molecule has 1 amide bonds. The van der Waals surface area contributed by atoms with Crippen molar-refractivity contribution in [3.8, 4) is 5.75 Å². The van der Waals surface area contributed by atoms with Gasteiger partial charge in [-0.3, -0.25) is 4.79 Å². The van der Waals surface area contributed by atoms with Gasteiger partial charge in [-0.1, -0.05) is 49.2 Å². The van der Waals surface area contributed by atoms with E-state index in [0.29, 0.717) is 0 Å². The monoisotopic (exact) mass is 340 g/mol. The molecular weight excluding hydrogens is 323 g/mol. The van der Waals surface area contributed by atoms with Crippen molar-refractivity contribution in [2.24, 2.45) is 22.4 Å². The molecule has 1 aliphatic carbocycles. The van der Waals surface area contributed by atoms with Crippen LogP contribution >= 0.6 is 23.2 Å². The Balaban J connectivity index is 1.96. The van der Waals surface area contributed by atoms with Gasteiger partial charge in [0.2, 0.25) is 5.91 Å². The van der Waals surface area contributed by atoms with Crippen molar-refractivity contribution in [1.29, 1.82) is 0 Å². The van der Waals surface area contributed by atoms with E-state index in [9.17, 15) is 4.79 Å². The minimum Gasteiger partial charge on any atom is -0.497 e. The Morgan fingerprint density at radius 2 is 2.14 bits per heavy atom. The van der Waals surface area contributed by atoms with Gasteiger partial charge >= 0.3 is 0 Å². The summed E-state index contributed by atoms with van der Waals surface area (Å²) in [6.07, 6.45) is 3.29. The van der Waals surface area contributed by atoms with Crippen LogP contribution in [0.3, 0.4) is 0 Å². The summed E-state index contributed by atoms with van der Waals surface area (Å²) >= 11 is 11.4. The number of carbonyl (C=O) groups excluding carboxylic acids is 1. The predicted molar refractivity (Wildman–Crippen MR) is 89.3 cm³/mol. The maximum atomic E-state index is 12.2. The number of hydrazone groups is 1. The topological polar surface area (TPSA) is 50.7 Å². The van der Waals surface area contributed by atoms with Crippen LogP contribution in [0, 0.1) is 17.3 Å². The van der Waals surface area contributed by atoms with Crippen LogP contribution in [0.1, 0.15) is 19.4 Å². The zero-order valence-electron chi connectivity index (χ0n) is 12.6. The van der Waals surface area contributed by atoms with E-state index in [4.69, 9.17) is 27.9 Å². The number of rotatable bonds is 5. The van der Waals surface area contributed by atoms with E-state index in [1.54, 1.807) is 19.4 Å². The highest BCUT2D eigenvalue weighted by molar-refractivity contribution is 6.55. The number of hydrogen-bond acceptors (Lipinski definition) is 3. The molecule has 1 aromatic rings. The van der Waals surface area contributed by atoms with Crippen LogP contribution in [-0.4, -0.2) is 19.2 Å². The smallest absolute Gasteiger partial charge is 0.244 e. The molecule has 0 heterocycles. The molecule has 118 valence electrons. The standard InChI is InChI=1S/C16H18Cl2N2O2/c1-16(2)12(8-13(17)18)14(16)15(21)20-19-9-10-5-4-6-11(7-10)22-3/h4-9,12,14H,1-3H3,(H,20,21)/b19-9-/t12-,14-/m0/s1. The van der Waals surface area contributed by atoms with E-state index >= 15 is 0 Å². The minimum absolute atomic E-state index is 0.0320. The molecule has 1 fully saturated rings. The van der Waals surface area contributed by atoms with E-state index < -0.39 is 0 Å². The van der Waals surface area contributed by atoms with Crippen molar-refractivity contribution >= 4 is 35.3 Å². The Labute approximate surface area is 140 Å². The molecule has 1 aromatic carbocycles. The summed E-state index contributed by atoms with van der Waals surface area (Å²) in [6.45, 7) is 4.00. The summed E-state index contributed by atoms with van der Waals surface area (Å²) < 4.78 is 5.32. The van der Waals surface area contributed by atoms with Gasteiger partial charge in [-0.05, 0) is 35.1 Å². The lowest BCUT2D eigenvalue weighted by atomic mass is 10.1. The van der Waals surface area contributed by atoms with Gasteiger partial charge in [0.05, 0.1) is 19.2 Å². The Kier molecular flexibility index (Phi) is 5.14. The Hall–Kier alpha value is -1.52. The van der Waals surface area contributed by atoms with Crippen LogP contribution in [0.4, 0.5) is 0 Å². The highest BCUT2D eigenvalue weighted by atomic mass is 35.5. The number of methoxy groups -OCH3 is 1. The molecule has 0 spiro atoms. The zero-order valence-corrected chi connectivity index (χ0v) is 14.2. The first-order valence-electron chi connectivity index (χ1n) is 6.86. The minimum atomic E-state index is -0.178. The number of amides is 1. The van der Waals surface area contributed by atoms with E-state index in [2.05, 4.69) is 10.5 Å². The number of nitrogens with zero attached hydrogens (tertiary/aromatic N) is 1. The van der Waals surface area contributed by atoms with Gasteiger partial charge in [0, 0.05) is 0 Å². The number of halogens is 2. The highest BCUT2D eigenvalue weighted by Gasteiger charge is 2.60. The molecule has 0 radical (unpaired) electrons. The van der Waals surface area contributed by atoms with Crippen LogP contribution in [0.2, 0.25) is 0 Å². The van der Waals surface area contributed by atoms with Crippen LogP contribution in [0.15, 0.2) is 39.9 Å². The average Bonchev–Trinajstić information content (AvgIpc) is 2.99. The number of carbonyl (C=O) groups is 1. The lowest BCUT2D eigenvalue weighted by Crippen LogP contribution is -2.21. The highest BCUT2D eigenvalue weighted by Crippen LogP contribution is 2.59. The quantitative estimate of drug-likeness (QED) is 0.655. The summed E-state index contributed by atoms with van der Waals surface area (Å²) in [5.41, 5.74) is 3.24. The molecule has 4 nitrogen and oxygen atoms in total. The second kappa shape index (κ2) is 6.71. The Morgan fingerprint density at radius 3 is 2.77 bits per heavy atom. The normalized spacial score (nSPS) is 22.2. The summed E-state index contributed by atoms with van der Waals surface area (Å²) in [7, 11) is 1.60. The molecule has 6 heteroatoms. The maximum absolute atomic E-state index is 12.2. The molecule has 0 aromatic heterocycles. The number of benzene rings is 1. The summed E-state index contributed by atoms with van der Waals surface area (Å²) in [6, 6.07) is 7.40. The van der Waals surface area contributed by atoms with Gasteiger partial charge in [-0.25, -0.2) is 5.43 Å². The molecule has 2 rings (SSSR count). The first-order valence-corrected chi connectivity index (χ1v) is 7.61. The lowest BCUT2D eigenvalue weighted by molar-refractivity contribution is -0.123. The first kappa shape index (κ1) is 16.8. The molecule has 0 bridgehead atoms. The van der Waals surface area contributed by atoms with Gasteiger partial charge in [-0.2, -0.15) is 5.10 Å². The zero-order chi connectivity index (χ0) is 16.3. The second-order valence-electron chi connectivity index (χ2n) is 5.79. The third-order valence-electron chi connectivity index (χ3n) is 3.98. The summed E-state index contributed by atoms with van der Waals surface area (Å²) in [4.78, 5) is 12.2. The van der Waals surface area contributed by atoms with Crippen molar-refractivity contribution in [1.82, 2.24) is 5.43 Å². The van der Waals surface area contributed by atoms with Crippen LogP contribution in [-0.2, 0) is 4.79 Å². The van der Waals surface area contributed by atoms with Gasteiger partial charge in [0.1, 0.15) is 10.2 Å². The van der Waals surface area contributed by atoms with Gasteiger partial charge in [0.25, 0.3) is 0 Å². The van der Waals surface area contributed by atoms with Crippen molar-refractivity contribution in [2.45, 2.75) is 13.8 Å². The fraction of sp³-hybridized carbons (Fsp3) is 0.375. The van der Waals surface area contributed by atoms with E-state index in [-0.39, 0.29) is 27.6 Å². The third-order valence-corrected chi connectivity index (χ3v) is 4.23. The van der Waals surface area contributed by atoms with Crippen LogP contribution in [0.5, 0.6) is 5.75 Å². The maximum Gasteiger partial charge on any atom is 0.244 e. The van der Waals surface area contributed by atoms with E-state index in [1.165, 1.54) is 0 Å². The summed E-state index contributed by atoms with van der Waals surface area (Å²) in [5.74, 6) is 0.451. The number of allylic oxidation sites excluding steroid dienone is 1. The molecule has 0 saturated heterocycles. The second-order valence-corrected chi connectivity index (χ2v) is 6.80. The first-order chi connectivity index (χ1) is 10.4. The van der Waals surface area contributed by atoms with E-state index in [1.807, 2.05) is 38.1 Å². The molecule has 0 unspecified atom stereocenters. The number of hydrogen-bond donors (Lipinski definition) is 1. The van der Waals surface area contributed by atoms with Crippen molar-refractivity contribution < 1.29 is 9.53 Å². The van der Waals surface area contributed by atoms with Gasteiger partial charge in [0.15, 0.2) is 0 Å².